The van der Waals surface area contributed by atoms with Crippen molar-refractivity contribution in [1.29, 1.82) is 0 Å². The SMILES string of the molecule is Cc1cc(-n2nc3ccccc3n2)ccc1Oc1cc(C)c(-n2nc3ccccc3n2)cc1C. The summed E-state index contributed by atoms with van der Waals surface area (Å²) in [7, 11) is 0. The van der Waals surface area contributed by atoms with E-state index in [1.807, 2.05) is 93.6 Å². The average Bonchev–Trinajstić information content (AvgIpc) is 3.46. The van der Waals surface area contributed by atoms with Gasteiger partial charge in [-0.05, 0) is 92.1 Å². The van der Waals surface area contributed by atoms with Gasteiger partial charge in [-0.3, -0.25) is 0 Å². The zero-order valence-electron chi connectivity index (χ0n) is 19.1. The average molecular weight is 447 g/mol. The van der Waals surface area contributed by atoms with Gasteiger partial charge in [0.1, 0.15) is 33.6 Å². The third-order valence-corrected chi connectivity index (χ3v) is 5.89. The largest absolute Gasteiger partial charge is 0.457 e. The molecule has 6 aromatic rings. The summed E-state index contributed by atoms with van der Waals surface area (Å²) in [5.41, 5.74) is 8.34. The van der Waals surface area contributed by atoms with E-state index in [-0.39, 0.29) is 0 Å². The number of hydrogen-bond donors (Lipinski definition) is 0. The molecule has 0 saturated heterocycles. The second-order valence-electron chi connectivity index (χ2n) is 8.41. The maximum absolute atomic E-state index is 6.32. The zero-order chi connectivity index (χ0) is 23.2. The van der Waals surface area contributed by atoms with Crippen molar-refractivity contribution in [3.8, 4) is 22.9 Å². The minimum atomic E-state index is 0.790. The fourth-order valence-corrected chi connectivity index (χ4v) is 4.03. The van der Waals surface area contributed by atoms with Gasteiger partial charge in [0.25, 0.3) is 0 Å². The highest BCUT2D eigenvalue weighted by Gasteiger charge is 2.13. The quantitative estimate of drug-likeness (QED) is 0.339. The van der Waals surface area contributed by atoms with E-state index in [1.54, 1.807) is 9.59 Å². The van der Waals surface area contributed by atoms with Crippen LogP contribution < -0.4 is 4.74 Å². The summed E-state index contributed by atoms with van der Waals surface area (Å²) in [6, 6.07) is 25.8. The molecule has 34 heavy (non-hydrogen) atoms. The Balaban J connectivity index is 1.30. The Morgan fingerprint density at radius 1 is 0.529 bits per heavy atom. The number of aromatic nitrogens is 6. The van der Waals surface area contributed by atoms with Crippen LogP contribution in [0.3, 0.4) is 0 Å². The molecule has 0 radical (unpaired) electrons. The number of aryl methyl sites for hydroxylation is 3. The molecular weight excluding hydrogens is 424 g/mol. The standard InChI is InChI=1S/C27H22N6O/c1-17-16-27(19(3)15-25(17)33-30-23-10-6-7-11-24(23)31-33)34-26-13-12-20(14-18(26)2)32-28-21-8-4-5-9-22(21)29-32/h4-16H,1-3H3. The van der Waals surface area contributed by atoms with Crippen molar-refractivity contribution in [2.24, 2.45) is 0 Å². The molecule has 0 bridgehead atoms. The van der Waals surface area contributed by atoms with Crippen LogP contribution in [0.25, 0.3) is 33.4 Å². The fourth-order valence-electron chi connectivity index (χ4n) is 4.03. The van der Waals surface area contributed by atoms with Crippen molar-refractivity contribution in [3.05, 3.63) is 95.6 Å². The molecule has 2 heterocycles. The van der Waals surface area contributed by atoms with Crippen LogP contribution in [-0.2, 0) is 0 Å². The van der Waals surface area contributed by atoms with E-state index in [0.717, 1.165) is 61.6 Å². The van der Waals surface area contributed by atoms with Gasteiger partial charge >= 0.3 is 0 Å². The Kier molecular flexibility index (Phi) is 4.62. The highest BCUT2D eigenvalue weighted by atomic mass is 16.5. The normalized spacial score (nSPS) is 11.4. The number of ether oxygens (including phenoxy) is 1. The lowest BCUT2D eigenvalue weighted by atomic mass is 10.1. The Labute approximate surface area is 196 Å². The molecule has 0 unspecified atom stereocenters. The second-order valence-corrected chi connectivity index (χ2v) is 8.41. The van der Waals surface area contributed by atoms with Gasteiger partial charge in [0.15, 0.2) is 0 Å². The first kappa shape index (κ1) is 20.1. The molecule has 166 valence electrons. The van der Waals surface area contributed by atoms with Crippen LogP contribution in [0.5, 0.6) is 11.5 Å². The van der Waals surface area contributed by atoms with Crippen LogP contribution in [0.1, 0.15) is 16.7 Å². The van der Waals surface area contributed by atoms with Crippen LogP contribution in [0, 0.1) is 20.8 Å². The van der Waals surface area contributed by atoms with Crippen LogP contribution in [0.2, 0.25) is 0 Å². The molecule has 0 spiro atoms. The van der Waals surface area contributed by atoms with Gasteiger partial charge in [-0.15, -0.1) is 20.4 Å². The lowest BCUT2D eigenvalue weighted by Gasteiger charge is -2.14. The molecule has 0 saturated carbocycles. The minimum absolute atomic E-state index is 0.790. The van der Waals surface area contributed by atoms with Crippen molar-refractivity contribution < 1.29 is 4.74 Å². The van der Waals surface area contributed by atoms with Crippen LogP contribution in [0.15, 0.2) is 78.9 Å². The predicted molar refractivity (Wildman–Crippen MR) is 132 cm³/mol. The highest BCUT2D eigenvalue weighted by molar-refractivity contribution is 5.74. The molecule has 0 amide bonds. The van der Waals surface area contributed by atoms with Gasteiger partial charge in [-0.25, -0.2) is 0 Å². The van der Waals surface area contributed by atoms with Gasteiger partial charge < -0.3 is 4.74 Å². The summed E-state index contributed by atoms with van der Waals surface area (Å²) in [6.45, 7) is 6.10. The van der Waals surface area contributed by atoms with Crippen molar-refractivity contribution in [2.75, 3.05) is 0 Å². The number of rotatable bonds is 4. The third kappa shape index (κ3) is 3.47. The minimum Gasteiger partial charge on any atom is -0.457 e. The lowest BCUT2D eigenvalue weighted by Crippen LogP contribution is -2.03. The first-order chi connectivity index (χ1) is 16.5. The maximum Gasteiger partial charge on any atom is 0.130 e. The molecule has 0 aliphatic heterocycles. The van der Waals surface area contributed by atoms with Crippen molar-refractivity contribution >= 4 is 22.1 Å². The third-order valence-electron chi connectivity index (χ3n) is 5.89. The number of benzene rings is 4. The summed E-state index contributed by atoms with van der Waals surface area (Å²) in [5.74, 6) is 1.59. The first-order valence-electron chi connectivity index (χ1n) is 11.1. The van der Waals surface area contributed by atoms with Gasteiger partial charge in [0.2, 0.25) is 0 Å². The Morgan fingerprint density at radius 2 is 1.06 bits per heavy atom. The van der Waals surface area contributed by atoms with Crippen LogP contribution >= 0.6 is 0 Å². The van der Waals surface area contributed by atoms with E-state index in [9.17, 15) is 0 Å². The van der Waals surface area contributed by atoms with Crippen molar-refractivity contribution in [3.63, 3.8) is 0 Å². The molecule has 6 rings (SSSR count). The summed E-state index contributed by atoms with van der Waals surface area (Å²) >= 11 is 0. The Hall–Kier alpha value is -4.52. The van der Waals surface area contributed by atoms with Gasteiger partial charge in [-0.1, -0.05) is 24.3 Å². The molecule has 2 aromatic heterocycles. The van der Waals surface area contributed by atoms with E-state index < -0.39 is 0 Å². The fraction of sp³-hybridized carbons (Fsp3) is 0.111. The monoisotopic (exact) mass is 446 g/mol. The van der Waals surface area contributed by atoms with Crippen molar-refractivity contribution in [2.45, 2.75) is 20.8 Å². The van der Waals surface area contributed by atoms with E-state index in [4.69, 9.17) is 4.74 Å². The number of nitrogens with zero attached hydrogens (tertiary/aromatic N) is 6. The number of fused-ring (bicyclic) bond motifs is 2. The first-order valence-corrected chi connectivity index (χ1v) is 11.1. The molecule has 0 atom stereocenters. The van der Waals surface area contributed by atoms with Gasteiger partial charge in [0.05, 0.1) is 11.4 Å². The summed E-state index contributed by atoms with van der Waals surface area (Å²) in [4.78, 5) is 3.35. The van der Waals surface area contributed by atoms with E-state index >= 15 is 0 Å². The van der Waals surface area contributed by atoms with Crippen molar-refractivity contribution in [1.82, 2.24) is 30.0 Å². The van der Waals surface area contributed by atoms with E-state index in [1.165, 1.54) is 0 Å². The smallest absolute Gasteiger partial charge is 0.130 e. The molecule has 0 aliphatic rings. The molecule has 0 aliphatic carbocycles. The Morgan fingerprint density at radius 3 is 1.62 bits per heavy atom. The molecule has 0 N–H and O–H groups in total. The van der Waals surface area contributed by atoms with Crippen LogP contribution in [-0.4, -0.2) is 30.0 Å². The predicted octanol–water partition coefficient (Wildman–Crippen LogP) is 5.87. The maximum atomic E-state index is 6.32. The molecule has 0 fully saturated rings. The van der Waals surface area contributed by atoms with E-state index in [0.29, 0.717) is 0 Å². The lowest BCUT2D eigenvalue weighted by molar-refractivity contribution is 0.474. The molecule has 7 nitrogen and oxygen atoms in total. The Bertz CT molecular complexity index is 1610. The topological polar surface area (TPSA) is 70.7 Å². The summed E-state index contributed by atoms with van der Waals surface area (Å²) in [6.07, 6.45) is 0. The molecule has 7 heteroatoms. The zero-order valence-corrected chi connectivity index (χ0v) is 19.1. The van der Waals surface area contributed by atoms with Gasteiger partial charge in [0, 0.05) is 0 Å². The molecule has 4 aromatic carbocycles. The van der Waals surface area contributed by atoms with Gasteiger partial charge in [-0.2, -0.15) is 9.59 Å². The number of hydrogen-bond acceptors (Lipinski definition) is 5. The van der Waals surface area contributed by atoms with E-state index in [2.05, 4.69) is 26.5 Å². The summed E-state index contributed by atoms with van der Waals surface area (Å²) in [5, 5.41) is 18.4. The molecular formula is C27H22N6O. The summed E-state index contributed by atoms with van der Waals surface area (Å²) < 4.78 is 6.32. The second kappa shape index (κ2) is 7.81. The van der Waals surface area contributed by atoms with Crippen LogP contribution in [0.4, 0.5) is 0 Å². The highest BCUT2D eigenvalue weighted by Crippen LogP contribution is 2.32.